The number of rotatable bonds is 8. The summed E-state index contributed by atoms with van der Waals surface area (Å²) < 4.78 is 0. The molecule has 1 aliphatic rings. The van der Waals surface area contributed by atoms with Gasteiger partial charge in [0, 0.05) is 50.8 Å². The third kappa shape index (κ3) is 5.80. The second-order valence-electron chi connectivity index (χ2n) is 6.33. The molecular weight excluding hydrogens is 234 g/mol. The fraction of sp³-hybridized carbons (Fsp3) is 1.00. The van der Waals surface area contributed by atoms with E-state index in [1.165, 1.54) is 45.4 Å². The van der Waals surface area contributed by atoms with Gasteiger partial charge in [0.2, 0.25) is 0 Å². The molecule has 3 heteroatoms. The molecule has 3 nitrogen and oxygen atoms in total. The third-order valence-corrected chi connectivity index (χ3v) is 4.46. The van der Waals surface area contributed by atoms with Gasteiger partial charge in [-0.1, -0.05) is 34.1 Å². The van der Waals surface area contributed by atoms with E-state index < -0.39 is 0 Å². The lowest BCUT2D eigenvalue weighted by molar-refractivity contribution is 0.0683. The maximum Gasteiger partial charge on any atom is 0.0221 e. The lowest BCUT2D eigenvalue weighted by Crippen LogP contribution is -2.54. The van der Waals surface area contributed by atoms with Crippen molar-refractivity contribution in [3.8, 4) is 0 Å². The van der Waals surface area contributed by atoms with Crippen LogP contribution < -0.4 is 5.32 Å². The third-order valence-electron chi connectivity index (χ3n) is 4.46. The van der Waals surface area contributed by atoms with E-state index in [2.05, 4.69) is 49.7 Å². The maximum atomic E-state index is 3.62. The quantitative estimate of drug-likeness (QED) is 0.730. The van der Waals surface area contributed by atoms with Crippen LogP contribution in [0.5, 0.6) is 0 Å². The molecule has 0 aromatic rings. The summed E-state index contributed by atoms with van der Waals surface area (Å²) >= 11 is 0. The van der Waals surface area contributed by atoms with Crippen LogP contribution in [0.25, 0.3) is 0 Å². The Morgan fingerprint density at radius 1 is 0.947 bits per heavy atom. The minimum Gasteiger partial charge on any atom is -0.313 e. The van der Waals surface area contributed by atoms with E-state index in [4.69, 9.17) is 0 Å². The fourth-order valence-corrected chi connectivity index (χ4v) is 2.92. The van der Waals surface area contributed by atoms with E-state index in [-0.39, 0.29) is 0 Å². The lowest BCUT2D eigenvalue weighted by Gasteiger charge is -2.41. The second-order valence-corrected chi connectivity index (χ2v) is 6.33. The molecular formula is C16H35N3. The fourth-order valence-electron chi connectivity index (χ4n) is 2.92. The van der Waals surface area contributed by atoms with Crippen molar-refractivity contribution in [2.24, 2.45) is 0 Å². The van der Waals surface area contributed by atoms with Crippen LogP contribution in [0.15, 0.2) is 0 Å². The molecule has 2 atom stereocenters. The first kappa shape index (κ1) is 16.9. The van der Waals surface area contributed by atoms with Crippen LogP contribution in [0.1, 0.15) is 53.9 Å². The molecule has 0 aliphatic carbocycles. The molecule has 0 radical (unpaired) electrons. The van der Waals surface area contributed by atoms with Gasteiger partial charge in [-0.3, -0.25) is 9.80 Å². The predicted octanol–water partition coefficient (Wildman–Crippen LogP) is 2.57. The van der Waals surface area contributed by atoms with Gasteiger partial charge in [-0.2, -0.15) is 0 Å². The Kier molecular flexibility index (Phi) is 7.96. The molecule has 0 bridgehead atoms. The standard InChI is InChI=1S/C16H35N3/c1-6-8-16(13-17-14(3)4)19-11-9-18(10-12-19)15(5)7-2/h14-17H,6-13H2,1-5H3. The molecule has 2 unspecified atom stereocenters. The highest BCUT2D eigenvalue weighted by atomic mass is 15.3. The average Bonchev–Trinajstić information content (AvgIpc) is 2.42. The van der Waals surface area contributed by atoms with Crippen molar-refractivity contribution in [2.75, 3.05) is 32.7 Å². The Balaban J connectivity index is 2.40. The molecule has 0 spiro atoms. The summed E-state index contributed by atoms with van der Waals surface area (Å²) in [4.78, 5) is 5.35. The summed E-state index contributed by atoms with van der Waals surface area (Å²) in [5.41, 5.74) is 0. The van der Waals surface area contributed by atoms with Crippen molar-refractivity contribution < 1.29 is 0 Å². The maximum absolute atomic E-state index is 3.62. The molecule has 0 amide bonds. The molecule has 1 aliphatic heterocycles. The summed E-state index contributed by atoms with van der Waals surface area (Å²) in [6.45, 7) is 17.6. The lowest BCUT2D eigenvalue weighted by atomic mass is 10.1. The van der Waals surface area contributed by atoms with E-state index >= 15 is 0 Å². The number of hydrogen-bond donors (Lipinski definition) is 1. The molecule has 0 saturated carbocycles. The van der Waals surface area contributed by atoms with Gasteiger partial charge in [-0.05, 0) is 19.8 Å². The summed E-state index contributed by atoms with van der Waals surface area (Å²) in [7, 11) is 0. The van der Waals surface area contributed by atoms with E-state index in [0.29, 0.717) is 6.04 Å². The van der Waals surface area contributed by atoms with Crippen molar-refractivity contribution in [1.82, 2.24) is 15.1 Å². The van der Waals surface area contributed by atoms with Crippen LogP contribution in [0, 0.1) is 0 Å². The van der Waals surface area contributed by atoms with Crippen molar-refractivity contribution in [3.05, 3.63) is 0 Å². The minimum absolute atomic E-state index is 0.598. The normalized spacial score (nSPS) is 21.8. The molecule has 1 N–H and O–H groups in total. The monoisotopic (exact) mass is 269 g/mol. The molecule has 114 valence electrons. The van der Waals surface area contributed by atoms with E-state index in [1.54, 1.807) is 0 Å². The van der Waals surface area contributed by atoms with Crippen molar-refractivity contribution in [2.45, 2.75) is 72.0 Å². The Morgan fingerprint density at radius 3 is 2.00 bits per heavy atom. The van der Waals surface area contributed by atoms with Crippen LogP contribution in [-0.4, -0.2) is 60.6 Å². The van der Waals surface area contributed by atoms with Gasteiger partial charge in [0.25, 0.3) is 0 Å². The molecule has 0 aromatic carbocycles. The summed E-state index contributed by atoms with van der Waals surface area (Å²) in [6, 6.07) is 2.08. The van der Waals surface area contributed by atoms with Gasteiger partial charge in [0.05, 0.1) is 0 Å². The Hall–Kier alpha value is -0.120. The zero-order chi connectivity index (χ0) is 14.3. The molecule has 0 aromatic heterocycles. The summed E-state index contributed by atoms with van der Waals surface area (Å²) in [6.07, 6.45) is 3.88. The van der Waals surface area contributed by atoms with Gasteiger partial charge >= 0.3 is 0 Å². The number of nitrogens with zero attached hydrogens (tertiary/aromatic N) is 2. The second kappa shape index (κ2) is 8.93. The SMILES string of the molecule is CCCC(CNC(C)C)N1CCN(C(C)CC)CC1. The largest absolute Gasteiger partial charge is 0.313 e. The Bertz CT molecular complexity index is 222. The highest BCUT2D eigenvalue weighted by Gasteiger charge is 2.24. The Labute approximate surface area is 120 Å². The highest BCUT2D eigenvalue weighted by molar-refractivity contribution is 4.82. The first-order chi connectivity index (χ1) is 9.08. The molecule has 1 saturated heterocycles. The topological polar surface area (TPSA) is 18.5 Å². The van der Waals surface area contributed by atoms with Crippen molar-refractivity contribution >= 4 is 0 Å². The molecule has 19 heavy (non-hydrogen) atoms. The van der Waals surface area contributed by atoms with Gasteiger partial charge in [-0.25, -0.2) is 0 Å². The van der Waals surface area contributed by atoms with Gasteiger partial charge in [0.15, 0.2) is 0 Å². The van der Waals surface area contributed by atoms with Crippen molar-refractivity contribution in [3.63, 3.8) is 0 Å². The highest BCUT2D eigenvalue weighted by Crippen LogP contribution is 2.13. The smallest absolute Gasteiger partial charge is 0.0221 e. The van der Waals surface area contributed by atoms with E-state index in [0.717, 1.165) is 18.6 Å². The van der Waals surface area contributed by atoms with Crippen LogP contribution in [0.3, 0.4) is 0 Å². The Morgan fingerprint density at radius 2 is 1.53 bits per heavy atom. The van der Waals surface area contributed by atoms with Gasteiger partial charge in [-0.15, -0.1) is 0 Å². The summed E-state index contributed by atoms with van der Waals surface area (Å²) in [5.74, 6) is 0. The first-order valence-electron chi connectivity index (χ1n) is 8.29. The van der Waals surface area contributed by atoms with Gasteiger partial charge < -0.3 is 5.32 Å². The van der Waals surface area contributed by atoms with Crippen LogP contribution in [0.4, 0.5) is 0 Å². The van der Waals surface area contributed by atoms with Gasteiger partial charge in [0.1, 0.15) is 0 Å². The van der Waals surface area contributed by atoms with Crippen molar-refractivity contribution in [1.29, 1.82) is 0 Å². The first-order valence-corrected chi connectivity index (χ1v) is 8.29. The van der Waals surface area contributed by atoms with Crippen LogP contribution in [0.2, 0.25) is 0 Å². The number of hydrogen-bond acceptors (Lipinski definition) is 3. The average molecular weight is 269 g/mol. The van der Waals surface area contributed by atoms with E-state index in [1.807, 2.05) is 0 Å². The number of nitrogens with one attached hydrogen (secondary N) is 1. The van der Waals surface area contributed by atoms with E-state index in [9.17, 15) is 0 Å². The van der Waals surface area contributed by atoms with Crippen LogP contribution >= 0.6 is 0 Å². The van der Waals surface area contributed by atoms with Crippen LogP contribution in [-0.2, 0) is 0 Å². The molecule has 1 rings (SSSR count). The molecule has 1 heterocycles. The predicted molar refractivity (Wildman–Crippen MR) is 84.7 cm³/mol. The molecule has 1 fully saturated rings. The zero-order valence-corrected chi connectivity index (χ0v) is 13.8. The minimum atomic E-state index is 0.598. The number of piperazine rings is 1. The zero-order valence-electron chi connectivity index (χ0n) is 13.8. The summed E-state index contributed by atoms with van der Waals surface area (Å²) in [5, 5.41) is 3.62.